The van der Waals surface area contributed by atoms with Crippen molar-refractivity contribution in [2.24, 2.45) is 0 Å². The molecule has 0 aromatic carbocycles. The molecule has 1 saturated heterocycles. The molecule has 0 bridgehead atoms. The van der Waals surface area contributed by atoms with Crippen LogP contribution in [-0.4, -0.2) is 65.6 Å². The van der Waals surface area contributed by atoms with Crippen LogP contribution >= 0.6 is 34.9 Å². The van der Waals surface area contributed by atoms with Crippen LogP contribution in [0, 0.1) is 0 Å². The van der Waals surface area contributed by atoms with Gasteiger partial charge in [0.2, 0.25) is 5.91 Å². The first-order chi connectivity index (χ1) is 13.1. The standard InChI is InChI=1S/C18H24N4O2S3/c1-22-6-5-12-13(9-22)27-17-15(12)16(20-18(21-17)25-2)26-10-14(23)19-8-11-4-3-7-24-11/h11H,3-10H2,1-2H3,(H,19,23)/t11-/m0/s1. The second kappa shape index (κ2) is 8.65. The lowest BCUT2D eigenvalue weighted by atomic mass is 10.1. The van der Waals surface area contributed by atoms with Gasteiger partial charge in [-0.3, -0.25) is 4.79 Å². The third kappa shape index (κ3) is 4.42. The molecule has 1 fully saturated rings. The zero-order valence-electron chi connectivity index (χ0n) is 15.6. The van der Waals surface area contributed by atoms with E-state index in [0.717, 1.165) is 59.4 Å². The first kappa shape index (κ1) is 19.4. The third-order valence-electron chi connectivity index (χ3n) is 4.91. The number of thiophene rings is 1. The van der Waals surface area contributed by atoms with Crippen LogP contribution in [0.4, 0.5) is 0 Å². The third-order valence-corrected chi connectivity index (χ3v) is 7.54. The molecular weight excluding hydrogens is 400 g/mol. The zero-order valence-corrected chi connectivity index (χ0v) is 18.1. The second-order valence-electron chi connectivity index (χ2n) is 6.91. The molecule has 0 aliphatic carbocycles. The van der Waals surface area contributed by atoms with E-state index in [9.17, 15) is 4.79 Å². The van der Waals surface area contributed by atoms with Gasteiger partial charge in [0.25, 0.3) is 0 Å². The van der Waals surface area contributed by atoms with Crippen LogP contribution in [-0.2, 0) is 22.5 Å². The van der Waals surface area contributed by atoms with Gasteiger partial charge in [-0.25, -0.2) is 9.97 Å². The fourth-order valence-corrected chi connectivity index (χ4v) is 6.21. The minimum atomic E-state index is 0.0387. The van der Waals surface area contributed by atoms with Gasteiger partial charge in [0, 0.05) is 36.5 Å². The summed E-state index contributed by atoms with van der Waals surface area (Å²) in [4.78, 5) is 26.5. The lowest BCUT2D eigenvalue weighted by Crippen LogP contribution is -2.32. The Labute approximate surface area is 171 Å². The summed E-state index contributed by atoms with van der Waals surface area (Å²) in [5.41, 5.74) is 1.38. The Hall–Kier alpha value is -0.870. The molecule has 2 aliphatic rings. The van der Waals surface area contributed by atoms with Gasteiger partial charge in [-0.1, -0.05) is 23.5 Å². The average Bonchev–Trinajstić information content (AvgIpc) is 3.30. The van der Waals surface area contributed by atoms with Crippen molar-refractivity contribution < 1.29 is 9.53 Å². The number of aromatic nitrogens is 2. The summed E-state index contributed by atoms with van der Waals surface area (Å²) in [6, 6.07) is 0. The van der Waals surface area contributed by atoms with Crippen molar-refractivity contribution in [3.63, 3.8) is 0 Å². The number of fused-ring (bicyclic) bond motifs is 3. The maximum Gasteiger partial charge on any atom is 0.230 e. The van der Waals surface area contributed by atoms with Crippen LogP contribution in [0.5, 0.6) is 0 Å². The van der Waals surface area contributed by atoms with Gasteiger partial charge in [-0.15, -0.1) is 11.3 Å². The highest BCUT2D eigenvalue weighted by Crippen LogP contribution is 2.39. The number of nitrogens with one attached hydrogen (secondary N) is 1. The van der Waals surface area contributed by atoms with Gasteiger partial charge in [0.05, 0.1) is 11.9 Å². The van der Waals surface area contributed by atoms with Gasteiger partial charge in [-0.2, -0.15) is 0 Å². The summed E-state index contributed by atoms with van der Waals surface area (Å²) in [5, 5.41) is 5.88. The lowest BCUT2D eigenvalue weighted by molar-refractivity contribution is -0.119. The van der Waals surface area contributed by atoms with Crippen molar-refractivity contribution in [1.29, 1.82) is 0 Å². The number of amides is 1. The van der Waals surface area contributed by atoms with Crippen LogP contribution in [0.2, 0.25) is 0 Å². The monoisotopic (exact) mass is 424 g/mol. The number of thioether (sulfide) groups is 2. The predicted molar refractivity (Wildman–Crippen MR) is 112 cm³/mol. The number of rotatable bonds is 6. The molecular formula is C18H24N4O2S3. The molecule has 2 aromatic rings. The summed E-state index contributed by atoms with van der Waals surface area (Å²) < 4.78 is 5.57. The van der Waals surface area contributed by atoms with Crippen LogP contribution in [0.15, 0.2) is 10.2 Å². The summed E-state index contributed by atoms with van der Waals surface area (Å²) in [7, 11) is 2.15. The van der Waals surface area contributed by atoms with Crippen molar-refractivity contribution >= 4 is 51.0 Å². The molecule has 1 N–H and O–H groups in total. The van der Waals surface area contributed by atoms with Gasteiger partial charge in [0.15, 0.2) is 5.16 Å². The number of carbonyl (C=O) groups is 1. The van der Waals surface area contributed by atoms with Crippen LogP contribution in [0.1, 0.15) is 23.3 Å². The molecule has 6 nitrogen and oxygen atoms in total. The molecule has 9 heteroatoms. The normalized spacial score (nSPS) is 20.1. The van der Waals surface area contributed by atoms with Crippen molar-refractivity contribution in [3.05, 3.63) is 10.4 Å². The molecule has 0 radical (unpaired) electrons. The van der Waals surface area contributed by atoms with Gasteiger partial charge in [-0.05, 0) is 38.1 Å². The SMILES string of the molecule is CSc1nc(SCC(=O)NC[C@@H]2CCCO2)c2c3c(sc2n1)CN(C)CC3. The van der Waals surface area contributed by atoms with E-state index in [-0.39, 0.29) is 12.0 Å². The van der Waals surface area contributed by atoms with E-state index in [4.69, 9.17) is 14.7 Å². The van der Waals surface area contributed by atoms with E-state index in [0.29, 0.717) is 12.3 Å². The van der Waals surface area contributed by atoms with Crippen molar-refractivity contribution in [1.82, 2.24) is 20.2 Å². The zero-order chi connectivity index (χ0) is 18.8. The number of hydrogen-bond donors (Lipinski definition) is 1. The highest BCUT2D eigenvalue weighted by molar-refractivity contribution is 8.00. The topological polar surface area (TPSA) is 67.3 Å². The quantitative estimate of drug-likeness (QED) is 0.434. The van der Waals surface area contributed by atoms with E-state index in [1.807, 2.05) is 6.26 Å². The Balaban J connectivity index is 1.50. The Kier molecular flexibility index (Phi) is 6.23. The minimum absolute atomic E-state index is 0.0387. The lowest BCUT2D eigenvalue weighted by Gasteiger charge is -2.22. The Morgan fingerprint density at radius 1 is 1.44 bits per heavy atom. The average molecular weight is 425 g/mol. The predicted octanol–water partition coefficient (Wildman–Crippen LogP) is 2.79. The largest absolute Gasteiger partial charge is 0.376 e. The van der Waals surface area contributed by atoms with Gasteiger partial charge >= 0.3 is 0 Å². The number of likely N-dealkylation sites (N-methyl/N-ethyl adjacent to an activating group) is 1. The summed E-state index contributed by atoms with van der Waals surface area (Å²) in [6.07, 6.45) is 5.31. The van der Waals surface area contributed by atoms with Gasteiger partial charge < -0.3 is 15.0 Å². The van der Waals surface area contributed by atoms with Gasteiger partial charge in [0.1, 0.15) is 9.86 Å². The number of carbonyl (C=O) groups excluding carboxylic acids is 1. The second-order valence-corrected chi connectivity index (χ2v) is 9.74. The maximum atomic E-state index is 12.3. The first-order valence-corrected chi connectivity index (χ1v) is 12.2. The molecule has 0 saturated carbocycles. The Morgan fingerprint density at radius 3 is 3.11 bits per heavy atom. The fraction of sp³-hybridized carbons (Fsp3) is 0.611. The smallest absolute Gasteiger partial charge is 0.230 e. The van der Waals surface area contributed by atoms with E-state index in [1.54, 1.807) is 23.1 Å². The minimum Gasteiger partial charge on any atom is -0.376 e. The molecule has 1 amide bonds. The number of ether oxygens (including phenoxy) is 1. The highest BCUT2D eigenvalue weighted by Gasteiger charge is 2.24. The first-order valence-electron chi connectivity index (χ1n) is 9.20. The molecule has 27 heavy (non-hydrogen) atoms. The van der Waals surface area contributed by atoms with E-state index < -0.39 is 0 Å². The molecule has 4 rings (SSSR count). The van der Waals surface area contributed by atoms with Crippen LogP contribution in [0.3, 0.4) is 0 Å². The van der Waals surface area contributed by atoms with Crippen LogP contribution < -0.4 is 5.32 Å². The fourth-order valence-electron chi connectivity index (χ4n) is 3.48. The molecule has 2 aromatic heterocycles. The Bertz CT molecular complexity index is 836. The van der Waals surface area contributed by atoms with Crippen molar-refractivity contribution in [2.45, 2.75) is 42.1 Å². The van der Waals surface area contributed by atoms with E-state index in [1.165, 1.54) is 22.2 Å². The van der Waals surface area contributed by atoms with Crippen molar-refractivity contribution in [2.75, 3.05) is 38.8 Å². The molecule has 4 heterocycles. The summed E-state index contributed by atoms with van der Waals surface area (Å²) >= 11 is 4.85. The maximum absolute atomic E-state index is 12.3. The van der Waals surface area contributed by atoms with E-state index in [2.05, 4.69) is 17.3 Å². The molecule has 146 valence electrons. The summed E-state index contributed by atoms with van der Waals surface area (Å²) in [6.45, 7) is 3.44. The molecule has 1 atom stereocenters. The number of nitrogens with zero attached hydrogens (tertiary/aromatic N) is 3. The van der Waals surface area contributed by atoms with E-state index >= 15 is 0 Å². The van der Waals surface area contributed by atoms with Crippen molar-refractivity contribution in [3.8, 4) is 0 Å². The highest BCUT2D eigenvalue weighted by atomic mass is 32.2. The molecule has 2 aliphatic heterocycles. The van der Waals surface area contributed by atoms with Crippen LogP contribution in [0.25, 0.3) is 10.2 Å². The molecule has 0 spiro atoms. The summed E-state index contributed by atoms with van der Waals surface area (Å²) in [5.74, 6) is 0.411. The number of hydrogen-bond acceptors (Lipinski definition) is 8. The Morgan fingerprint density at radius 2 is 2.33 bits per heavy atom. The molecule has 0 unspecified atom stereocenters.